The molecular weight excluding hydrogens is 429 g/mol. The van der Waals surface area contributed by atoms with Crippen LogP contribution in [0, 0.1) is 0 Å². The molecule has 3 rings (SSSR count). The molecule has 0 aliphatic heterocycles. The van der Waals surface area contributed by atoms with Crippen LogP contribution in [0.2, 0.25) is 0 Å². The van der Waals surface area contributed by atoms with E-state index in [0.29, 0.717) is 11.3 Å². The van der Waals surface area contributed by atoms with Crippen molar-refractivity contribution in [3.05, 3.63) is 78.1 Å². The molecule has 3 aromatic rings. The zero-order chi connectivity index (χ0) is 22.9. The van der Waals surface area contributed by atoms with Crippen LogP contribution < -0.4 is 9.46 Å². The average Bonchev–Trinajstić information content (AvgIpc) is 2.72. The number of hydrogen-bond acceptors (Lipinski definition) is 4. The van der Waals surface area contributed by atoms with Crippen molar-refractivity contribution in [2.75, 3.05) is 7.11 Å². The van der Waals surface area contributed by atoms with Crippen LogP contribution in [0.1, 0.15) is 25.0 Å². The molecule has 1 N–H and O–H groups in total. The molecule has 1 heterocycles. The molecule has 0 fully saturated rings. The summed E-state index contributed by atoms with van der Waals surface area (Å²) in [4.78, 5) is 3.20. The fourth-order valence-corrected chi connectivity index (χ4v) is 4.87. The number of halogens is 3. The van der Waals surface area contributed by atoms with Crippen molar-refractivity contribution >= 4 is 10.0 Å². The predicted octanol–water partition coefficient (Wildman–Crippen LogP) is 4.99. The summed E-state index contributed by atoms with van der Waals surface area (Å²) in [5.74, 6) is 0.539. The molecule has 5 nitrogen and oxygen atoms in total. The molecule has 0 aliphatic rings. The Morgan fingerprint density at radius 3 is 2.39 bits per heavy atom. The number of nitrogens with zero attached hydrogens (tertiary/aromatic N) is 1. The van der Waals surface area contributed by atoms with Gasteiger partial charge in [0.25, 0.3) is 0 Å². The molecule has 0 saturated carbocycles. The molecule has 1 aromatic heterocycles. The normalized spacial score (nSPS) is 12.6. The van der Waals surface area contributed by atoms with E-state index in [1.807, 2.05) is 6.07 Å². The van der Waals surface area contributed by atoms with E-state index in [0.717, 1.165) is 29.3 Å². The first-order valence-electron chi connectivity index (χ1n) is 9.25. The molecule has 2 aromatic carbocycles. The Kier molecular flexibility index (Phi) is 6.11. The van der Waals surface area contributed by atoms with Gasteiger partial charge in [-0.05, 0) is 49.2 Å². The minimum atomic E-state index is -4.80. The topological polar surface area (TPSA) is 68.3 Å². The van der Waals surface area contributed by atoms with E-state index in [-0.39, 0.29) is 0 Å². The lowest BCUT2D eigenvalue weighted by Crippen LogP contribution is -2.41. The highest BCUT2D eigenvalue weighted by atomic mass is 32.2. The van der Waals surface area contributed by atoms with Crippen LogP contribution in [0.15, 0.2) is 71.9 Å². The first kappa shape index (κ1) is 22.8. The molecule has 0 saturated heterocycles. The molecule has 0 bridgehead atoms. The molecule has 31 heavy (non-hydrogen) atoms. The maximum atomic E-state index is 13.3. The number of ether oxygens (including phenoxy) is 1. The number of sulfonamides is 1. The predicted molar refractivity (Wildman–Crippen MR) is 111 cm³/mol. The second kappa shape index (κ2) is 8.32. The van der Waals surface area contributed by atoms with Crippen LogP contribution in [0.3, 0.4) is 0 Å². The summed E-state index contributed by atoms with van der Waals surface area (Å²) >= 11 is 0. The van der Waals surface area contributed by atoms with Gasteiger partial charge in [-0.1, -0.05) is 30.3 Å². The number of alkyl halides is 3. The summed E-state index contributed by atoms with van der Waals surface area (Å²) in [5, 5.41) is 0. The van der Waals surface area contributed by atoms with Crippen molar-refractivity contribution < 1.29 is 26.3 Å². The zero-order valence-electron chi connectivity index (χ0n) is 17.1. The Bertz CT molecular complexity index is 1190. The standard InChI is InChI=1S/C22H21F3N2O3S/c1-21(2,27-31(28,29)20-10-5-4-9-18(20)22(23,24)25)16-8-6-7-15(13-16)17-11-12-26-14-19(17)30-3/h4-14,27H,1-3H3. The van der Waals surface area contributed by atoms with Crippen molar-refractivity contribution in [2.24, 2.45) is 0 Å². The third-order valence-corrected chi connectivity index (χ3v) is 6.49. The van der Waals surface area contributed by atoms with E-state index in [4.69, 9.17) is 4.74 Å². The fourth-order valence-electron chi connectivity index (χ4n) is 3.24. The largest absolute Gasteiger partial charge is 0.494 e. The van der Waals surface area contributed by atoms with Crippen molar-refractivity contribution in [3.63, 3.8) is 0 Å². The van der Waals surface area contributed by atoms with Crippen molar-refractivity contribution in [1.29, 1.82) is 0 Å². The van der Waals surface area contributed by atoms with Crippen LogP contribution in [-0.2, 0) is 21.7 Å². The van der Waals surface area contributed by atoms with Crippen LogP contribution in [-0.4, -0.2) is 20.5 Å². The zero-order valence-corrected chi connectivity index (χ0v) is 17.9. The van der Waals surface area contributed by atoms with Gasteiger partial charge < -0.3 is 4.74 Å². The molecule has 0 atom stereocenters. The number of rotatable bonds is 6. The lowest BCUT2D eigenvalue weighted by molar-refractivity contribution is -0.139. The maximum absolute atomic E-state index is 13.3. The summed E-state index contributed by atoms with van der Waals surface area (Å²) < 4.78 is 73.6. The number of pyridine rings is 1. The van der Waals surface area contributed by atoms with Crippen molar-refractivity contribution in [2.45, 2.75) is 30.5 Å². The highest BCUT2D eigenvalue weighted by Crippen LogP contribution is 2.36. The second-order valence-corrected chi connectivity index (χ2v) is 9.03. The monoisotopic (exact) mass is 450 g/mol. The van der Waals surface area contributed by atoms with Crippen LogP contribution in [0.5, 0.6) is 5.75 Å². The van der Waals surface area contributed by atoms with Gasteiger partial charge in [-0.3, -0.25) is 4.98 Å². The fraction of sp³-hybridized carbons (Fsp3) is 0.227. The molecule has 0 amide bonds. The van der Waals surface area contributed by atoms with Gasteiger partial charge in [0.05, 0.1) is 29.3 Å². The van der Waals surface area contributed by atoms with Crippen LogP contribution >= 0.6 is 0 Å². The third-order valence-electron chi connectivity index (χ3n) is 4.77. The minimum Gasteiger partial charge on any atom is -0.494 e. The molecular formula is C22H21F3N2O3S. The lowest BCUT2D eigenvalue weighted by atomic mass is 9.92. The number of methoxy groups -OCH3 is 1. The van der Waals surface area contributed by atoms with Gasteiger partial charge in [-0.25, -0.2) is 13.1 Å². The number of benzene rings is 2. The van der Waals surface area contributed by atoms with Gasteiger partial charge >= 0.3 is 6.18 Å². The van der Waals surface area contributed by atoms with Crippen molar-refractivity contribution in [3.8, 4) is 16.9 Å². The summed E-state index contributed by atoms with van der Waals surface area (Å²) in [5.41, 5.74) is -0.348. The van der Waals surface area contributed by atoms with Gasteiger partial charge in [0.15, 0.2) is 0 Å². The first-order chi connectivity index (χ1) is 14.5. The van der Waals surface area contributed by atoms with E-state index in [9.17, 15) is 21.6 Å². The van der Waals surface area contributed by atoms with E-state index >= 15 is 0 Å². The van der Waals surface area contributed by atoms with E-state index in [1.165, 1.54) is 13.2 Å². The molecule has 0 spiro atoms. The summed E-state index contributed by atoms with van der Waals surface area (Å²) in [6, 6.07) is 12.9. The van der Waals surface area contributed by atoms with Gasteiger partial charge in [0, 0.05) is 11.8 Å². The Morgan fingerprint density at radius 2 is 1.71 bits per heavy atom. The summed E-state index contributed by atoms with van der Waals surface area (Å²) in [7, 11) is -2.96. The smallest absolute Gasteiger partial charge is 0.417 e. The van der Waals surface area contributed by atoms with Crippen LogP contribution in [0.25, 0.3) is 11.1 Å². The summed E-state index contributed by atoms with van der Waals surface area (Å²) in [6.07, 6.45) is -1.64. The summed E-state index contributed by atoms with van der Waals surface area (Å²) in [6.45, 7) is 3.17. The molecule has 0 aliphatic carbocycles. The first-order valence-corrected chi connectivity index (χ1v) is 10.7. The quantitative estimate of drug-likeness (QED) is 0.575. The average molecular weight is 450 g/mol. The van der Waals surface area contributed by atoms with Gasteiger partial charge in [0.1, 0.15) is 5.75 Å². The lowest BCUT2D eigenvalue weighted by Gasteiger charge is -2.28. The molecule has 0 radical (unpaired) electrons. The van der Waals surface area contributed by atoms with E-state index in [1.54, 1.807) is 50.5 Å². The van der Waals surface area contributed by atoms with Gasteiger partial charge in [-0.2, -0.15) is 13.2 Å². The van der Waals surface area contributed by atoms with Gasteiger partial charge in [0.2, 0.25) is 10.0 Å². The number of hydrogen-bond donors (Lipinski definition) is 1. The van der Waals surface area contributed by atoms with Crippen LogP contribution in [0.4, 0.5) is 13.2 Å². The van der Waals surface area contributed by atoms with E-state index < -0.39 is 32.2 Å². The molecule has 164 valence electrons. The Morgan fingerprint density at radius 1 is 1.00 bits per heavy atom. The van der Waals surface area contributed by atoms with Gasteiger partial charge in [-0.15, -0.1) is 0 Å². The third kappa shape index (κ3) is 4.88. The highest BCUT2D eigenvalue weighted by Gasteiger charge is 2.38. The minimum absolute atomic E-state index is 0.539. The second-order valence-electron chi connectivity index (χ2n) is 7.38. The molecule has 0 unspecified atom stereocenters. The SMILES string of the molecule is COc1cnccc1-c1cccc(C(C)(C)NS(=O)(=O)c2ccccc2C(F)(F)F)c1. The Hall–Kier alpha value is -2.91. The van der Waals surface area contributed by atoms with E-state index in [2.05, 4.69) is 9.71 Å². The number of nitrogens with one attached hydrogen (secondary N) is 1. The maximum Gasteiger partial charge on any atom is 0.417 e. The highest BCUT2D eigenvalue weighted by molar-refractivity contribution is 7.89. The Balaban J connectivity index is 2.00. The van der Waals surface area contributed by atoms with Crippen molar-refractivity contribution in [1.82, 2.24) is 9.71 Å². The number of aromatic nitrogens is 1. The molecule has 9 heteroatoms. The Labute approximate surface area is 179 Å².